The molecule has 5 heterocycles. The zero-order valence-electron chi connectivity index (χ0n) is 17.0. The Bertz CT molecular complexity index is 1050. The van der Waals surface area contributed by atoms with Crippen LogP contribution in [-0.2, 0) is 11.3 Å². The summed E-state index contributed by atoms with van der Waals surface area (Å²) in [4.78, 5) is 37.1. The Labute approximate surface area is 174 Å². The summed E-state index contributed by atoms with van der Waals surface area (Å²) in [6.45, 7) is 4.05. The lowest BCUT2D eigenvalue weighted by atomic mass is 9.93. The fraction of sp³-hybridized carbons (Fsp3) is 0.500. The van der Waals surface area contributed by atoms with Gasteiger partial charge in [0, 0.05) is 31.2 Å². The van der Waals surface area contributed by atoms with Crippen molar-refractivity contribution in [3.63, 3.8) is 0 Å². The number of aromatic amines is 1. The van der Waals surface area contributed by atoms with Crippen LogP contribution in [0, 0.1) is 5.92 Å². The molecule has 8 heteroatoms. The van der Waals surface area contributed by atoms with E-state index in [1.807, 2.05) is 29.2 Å². The molecule has 0 aliphatic carbocycles. The average molecular weight is 409 g/mol. The maximum absolute atomic E-state index is 13.1. The van der Waals surface area contributed by atoms with E-state index in [2.05, 4.69) is 14.9 Å². The molecule has 2 aliphatic rings. The van der Waals surface area contributed by atoms with Gasteiger partial charge in [-0.05, 0) is 63.0 Å². The largest absolute Gasteiger partial charge is 0.468 e. The molecule has 30 heavy (non-hydrogen) atoms. The van der Waals surface area contributed by atoms with Crippen LogP contribution >= 0.6 is 0 Å². The standard InChI is InChI=1S/C22H27N5O3/c28-21(16-5-10-25(11-6-16)15-18-3-2-14-30-18)26-12-7-17(8-13-26)27-20-19(24-22(27)29)4-1-9-23-20/h1-4,9,14,16-17H,5-8,10-13,15H2,(H,24,29). The third kappa shape index (κ3) is 3.67. The van der Waals surface area contributed by atoms with Crippen LogP contribution in [-0.4, -0.2) is 56.4 Å². The molecule has 1 amide bonds. The van der Waals surface area contributed by atoms with E-state index in [-0.39, 0.29) is 23.6 Å². The van der Waals surface area contributed by atoms with Crippen molar-refractivity contribution in [2.75, 3.05) is 26.2 Å². The lowest BCUT2D eigenvalue weighted by Crippen LogP contribution is -2.46. The molecule has 0 aromatic carbocycles. The lowest BCUT2D eigenvalue weighted by molar-refractivity contribution is -0.138. The van der Waals surface area contributed by atoms with E-state index in [0.29, 0.717) is 18.7 Å². The van der Waals surface area contributed by atoms with Gasteiger partial charge in [0.2, 0.25) is 5.91 Å². The summed E-state index contributed by atoms with van der Waals surface area (Å²) < 4.78 is 7.20. The molecule has 0 saturated carbocycles. The fourth-order valence-corrected chi connectivity index (χ4v) is 4.86. The number of amides is 1. The first-order chi connectivity index (χ1) is 14.7. The molecule has 0 radical (unpaired) electrons. The Balaban J connectivity index is 1.16. The smallest absolute Gasteiger partial charge is 0.327 e. The number of nitrogens with zero attached hydrogens (tertiary/aromatic N) is 4. The molecule has 158 valence electrons. The van der Waals surface area contributed by atoms with Gasteiger partial charge in [-0.2, -0.15) is 0 Å². The highest BCUT2D eigenvalue weighted by Crippen LogP contribution is 2.27. The molecule has 0 unspecified atom stereocenters. The number of furan rings is 1. The lowest BCUT2D eigenvalue weighted by Gasteiger charge is -2.37. The number of hydrogen-bond donors (Lipinski definition) is 1. The van der Waals surface area contributed by atoms with E-state index in [9.17, 15) is 9.59 Å². The summed E-state index contributed by atoms with van der Waals surface area (Å²) in [5.41, 5.74) is 1.36. The Kier molecular flexibility index (Phi) is 5.16. The number of aromatic nitrogens is 3. The SMILES string of the molecule is O=C(C1CCN(Cc2ccco2)CC1)N1CCC(n2c(=O)[nH]c3cccnc32)CC1. The second-order valence-corrected chi connectivity index (χ2v) is 8.36. The molecule has 1 N–H and O–H groups in total. The number of likely N-dealkylation sites (tertiary alicyclic amines) is 2. The second kappa shape index (κ2) is 8.10. The van der Waals surface area contributed by atoms with Crippen LogP contribution in [0.1, 0.15) is 37.5 Å². The average Bonchev–Trinajstić information content (AvgIpc) is 3.40. The Hall–Kier alpha value is -2.87. The summed E-state index contributed by atoms with van der Waals surface area (Å²) in [7, 11) is 0. The quantitative estimate of drug-likeness (QED) is 0.715. The van der Waals surface area contributed by atoms with Crippen molar-refractivity contribution in [2.45, 2.75) is 38.3 Å². The summed E-state index contributed by atoms with van der Waals surface area (Å²) in [6.07, 6.45) is 6.77. The van der Waals surface area contributed by atoms with Crippen LogP contribution in [0.15, 0.2) is 45.9 Å². The van der Waals surface area contributed by atoms with E-state index < -0.39 is 0 Å². The molecule has 2 fully saturated rings. The molecule has 2 saturated heterocycles. The predicted molar refractivity (Wildman–Crippen MR) is 112 cm³/mol. The molecule has 3 aromatic rings. The number of H-pyrrole nitrogens is 1. The molecular weight excluding hydrogens is 382 g/mol. The number of fused-ring (bicyclic) bond motifs is 1. The van der Waals surface area contributed by atoms with Gasteiger partial charge in [-0.3, -0.25) is 14.3 Å². The zero-order chi connectivity index (χ0) is 20.5. The monoisotopic (exact) mass is 409 g/mol. The van der Waals surface area contributed by atoms with E-state index >= 15 is 0 Å². The van der Waals surface area contributed by atoms with Crippen molar-refractivity contribution in [2.24, 2.45) is 5.92 Å². The van der Waals surface area contributed by atoms with E-state index in [1.54, 1.807) is 17.0 Å². The summed E-state index contributed by atoms with van der Waals surface area (Å²) >= 11 is 0. The van der Waals surface area contributed by atoms with Gasteiger partial charge in [0.15, 0.2) is 5.65 Å². The predicted octanol–water partition coefficient (Wildman–Crippen LogP) is 2.39. The Morgan fingerprint density at radius 1 is 1.10 bits per heavy atom. The van der Waals surface area contributed by atoms with Gasteiger partial charge in [-0.15, -0.1) is 0 Å². The van der Waals surface area contributed by atoms with Crippen molar-refractivity contribution in [1.82, 2.24) is 24.3 Å². The van der Waals surface area contributed by atoms with Crippen molar-refractivity contribution in [1.29, 1.82) is 0 Å². The summed E-state index contributed by atoms with van der Waals surface area (Å²) in [6, 6.07) is 7.69. The molecule has 3 aromatic heterocycles. The highest BCUT2D eigenvalue weighted by molar-refractivity contribution is 5.79. The Morgan fingerprint density at radius 3 is 2.63 bits per heavy atom. The van der Waals surface area contributed by atoms with Gasteiger partial charge in [0.05, 0.1) is 18.3 Å². The maximum atomic E-state index is 13.1. The Morgan fingerprint density at radius 2 is 1.90 bits per heavy atom. The molecule has 0 atom stereocenters. The number of carbonyl (C=O) groups excluding carboxylic acids is 1. The van der Waals surface area contributed by atoms with E-state index in [1.165, 1.54) is 0 Å². The normalized spacial score (nSPS) is 19.5. The van der Waals surface area contributed by atoms with Gasteiger partial charge in [0.1, 0.15) is 5.76 Å². The zero-order valence-corrected chi connectivity index (χ0v) is 17.0. The molecule has 8 nitrogen and oxygen atoms in total. The number of imidazole rings is 1. The minimum Gasteiger partial charge on any atom is -0.468 e. The first-order valence-corrected chi connectivity index (χ1v) is 10.8. The van der Waals surface area contributed by atoms with Crippen molar-refractivity contribution in [3.8, 4) is 0 Å². The van der Waals surface area contributed by atoms with E-state index in [4.69, 9.17) is 4.42 Å². The fourth-order valence-electron chi connectivity index (χ4n) is 4.86. The number of nitrogens with one attached hydrogen (secondary N) is 1. The molecule has 0 bridgehead atoms. The van der Waals surface area contributed by atoms with Crippen LogP contribution in [0.25, 0.3) is 11.2 Å². The minimum atomic E-state index is -0.114. The summed E-state index contributed by atoms with van der Waals surface area (Å²) in [5.74, 6) is 1.35. The highest BCUT2D eigenvalue weighted by Gasteiger charge is 2.32. The number of piperidine rings is 2. The number of pyridine rings is 1. The van der Waals surface area contributed by atoms with Gasteiger partial charge in [-0.1, -0.05) is 0 Å². The van der Waals surface area contributed by atoms with Crippen molar-refractivity contribution in [3.05, 3.63) is 53.0 Å². The number of hydrogen-bond acceptors (Lipinski definition) is 5. The summed E-state index contributed by atoms with van der Waals surface area (Å²) in [5, 5.41) is 0. The topological polar surface area (TPSA) is 87.4 Å². The highest BCUT2D eigenvalue weighted by atomic mass is 16.3. The van der Waals surface area contributed by atoms with Gasteiger partial charge in [-0.25, -0.2) is 9.78 Å². The van der Waals surface area contributed by atoms with Gasteiger partial charge in [0.25, 0.3) is 0 Å². The molecule has 0 spiro atoms. The van der Waals surface area contributed by atoms with Gasteiger partial charge < -0.3 is 14.3 Å². The van der Waals surface area contributed by atoms with Crippen LogP contribution in [0.5, 0.6) is 0 Å². The number of rotatable bonds is 4. The van der Waals surface area contributed by atoms with E-state index in [0.717, 1.165) is 56.6 Å². The van der Waals surface area contributed by atoms with Crippen molar-refractivity contribution < 1.29 is 9.21 Å². The first kappa shape index (κ1) is 19.1. The molecule has 2 aliphatic heterocycles. The van der Waals surface area contributed by atoms with Crippen LogP contribution in [0.2, 0.25) is 0 Å². The minimum absolute atomic E-state index is 0.0837. The van der Waals surface area contributed by atoms with Gasteiger partial charge >= 0.3 is 5.69 Å². The second-order valence-electron chi connectivity index (χ2n) is 8.36. The van der Waals surface area contributed by atoms with Crippen molar-refractivity contribution >= 4 is 17.1 Å². The number of carbonyl (C=O) groups is 1. The van der Waals surface area contributed by atoms with Crippen LogP contribution in [0.3, 0.4) is 0 Å². The molecule has 5 rings (SSSR count). The maximum Gasteiger partial charge on any atom is 0.327 e. The van der Waals surface area contributed by atoms with Crippen LogP contribution < -0.4 is 5.69 Å². The molecular formula is C22H27N5O3. The third-order valence-corrected chi connectivity index (χ3v) is 6.51. The van der Waals surface area contributed by atoms with Crippen LogP contribution in [0.4, 0.5) is 0 Å². The first-order valence-electron chi connectivity index (χ1n) is 10.8. The third-order valence-electron chi connectivity index (χ3n) is 6.51.